The summed E-state index contributed by atoms with van der Waals surface area (Å²) in [6.07, 6.45) is 1.52. The molecule has 0 radical (unpaired) electrons. The number of hydrogen-bond donors (Lipinski definition) is 0. The smallest absolute Gasteiger partial charge is 0.310 e. The van der Waals surface area contributed by atoms with Crippen molar-refractivity contribution < 1.29 is 23.2 Å². The minimum atomic E-state index is -1.19. The molecular weight excluding hydrogens is 438 g/mol. The van der Waals surface area contributed by atoms with Gasteiger partial charge in [0.05, 0.1) is 37.5 Å². The molecule has 3 rings (SSSR count). The molecule has 6 nitrogen and oxygen atoms in total. The Balaban J connectivity index is 1.96. The molecule has 0 amide bonds. The lowest BCUT2D eigenvalue weighted by Gasteiger charge is -2.39. The highest BCUT2D eigenvalue weighted by Gasteiger charge is 2.33. The maximum absolute atomic E-state index is 13.4. The van der Waals surface area contributed by atoms with Crippen molar-refractivity contribution in [1.29, 1.82) is 0 Å². The van der Waals surface area contributed by atoms with Crippen LogP contribution >= 0.6 is 0 Å². The molecule has 33 heavy (non-hydrogen) atoms. The molecular formula is C26H35NO5S. The SMILES string of the molecule is CCOC(=O)C(CC)CN1CCc2cc(OC)c(OC)cc2[C@H]1C[S@@](=O)c1ccc(C)cc1. The molecule has 0 spiro atoms. The second kappa shape index (κ2) is 11.7. The van der Waals surface area contributed by atoms with Crippen LogP contribution in [0.1, 0.15) is 43.0 Å². The van der Waals surface area contributed by atoms with Crippen molar-refractivity contribution in [2.75, 3.05) is 39.7 Å². The number of nitrogens with zero attached hydrogens (tertiary/aromatic N) is 1. The molecule has 2 aromatic rings. The largest absolute Gasteiger partial charge is 0.493 e. The van der Waals surface area contributed by atoms with Crippen molar-refractivity contribution in [3.8, 4) is 11.5 Å². The predicted molar refractivity (Wildman–Crippen MR) is 130 cm³/mol. The van der Waals surface area contributed by atoms with Gasteiger partial charge in [-0.2, -0.15) is 0 Å². The van der Waals surface area contributed by atoms with Gasteiger partial charge in [0.25, 0.3) is 0 Å². The van der Waals surface area contributed by atoms with Gasteiger partial charge in [-0.3, -0.25) is 13.9 Å². The molecule has 0 saturated carbocycles. The maximum atomic E-state index is 13.4. The third-order valence-electron chi connectivity index (χ3n) is 6.27. The fourth-order valence-corrected chi connectivity index (χ4v) is 5.65. The molecule has 1 aliphatic rings. The first-order chi connectivity index (χ1) is 15.9. The second-order valence-electron chi connectivity index (χ2n) is 8.35. The van der Waals surface area contributed by atoms with E-state index in [1.54, 1.807) is 14.2 Å². The van der Waals surface area contributed by atoms with Gasteiger partial charge in [0, 0.05) is 29.8 Å². The summed E-state index contributed by atoms with van der Waals surface area (Å²) < 4.78 is 29.8. The number of hydrogen-bond acceptors (Lipinski definition) is 6. The highest BCUT2D eigenvalue weighted by atomic mass is 32.2. The lowest BCUT2D eigenvalue weighted by molar-refractivity contribution is -0.149. The molecule has 0 aliphatic carbocycles. The van der Waals surface area contributed by atoms with Gasteiger partial charge >= 0.3 is 5.97 Å². The number of esters is 1. The fraction of sp³-hybridized carbons (Fsp3) is 0.500. The van der Waals surface area contributed by atoms with Crippen LogP contribution in [-0.2, 0) is 26.8 Å². The summed E-state index contributed by atoms with van der Waals surface area (Å²) in [5.74, 6) is 1.39. The Morgan fingerprint density at radius 1 is 1.12 bits per heavy atom. The number of carbonyl (C=O) groups is 1. The third kappa shape index (κ3) is 5.95. The molecule has 1 heterocycles. The Bertz CT molecular complexity index is 975. The van der Waals surface area contributed by atoms with E-state index in [4.69, 9.17) is 14.2 Å². The number of rotatable bonds is 10. The van der Waals surface area contributed by atoms with Crippen molar-refractivity contribution in [2.24, 2.45) is 5.92 Å². The first kappa shape index (κ1) is 25.2. The highest BCUT2D eigenvalue weighted by Crippen LogP contribution is 2.39. The third-order valence-corrected chi connectivity index (χ3v) is 7.69. The molecule has 7 heteroatoms. The van der Waals surface area contributed by atoms with Gasteiger partial charge < -0.3 is 14.2 Å². The zero-order valence-corrected chi connectivity index (χ0v) is 21.1. The van der Waals surface area contributed by atoms with E-state index in [0.717, 1.165) is 29.0 Å². The molecule has 1 aliphatic heterocycles. The minimum Gasteiger partial charge on any atom is -0.493 e. The lowest BCUT2D eigenvalue weighted by Crippen LogP contribution is -2.42. The molecule has 0 bridgehead atoms. The summed E-state index contributed by atoms with van der Waals surface area (Å²) >= 11 is 0. The number of benzene rings is 2. The van der Waals surface area contributed by atoms with Gasteiger partial charge in [-0.1, -0.05) is 24.6 Å². The Morgan fingerprint density at radius 2 is 1.79 bits per heavy atom. The summed E-state index contributed by atoms with van der Waals surface area (Å²) in [7, 11) is 2.06. The van der Waals surface area contributed by atoms with E-state index in [2.05, 4.69) is 4.90 Å². The van der Waals surface area contributed by atoms with Crippen molar-refractivity contribution in [1.82, 2.24) is 4.90 Å². The van der Waals surface area contributed by atoms with Crippen molar-refractivity contribution in [2.45, 2.75) is 44.6 Å². The number of carbonyl (C=O) groups excluding carboxylic acids is 1. The molecule has 1 unspecified atom stereocenters. The Morgan fingerprint density at radius 3 is 2.39 bits per heavy atom. The van der Waals surface area contributed by atoms with E-state index in [1.165, 1.54) is 5.56 Å². The summed E-state index contributed by atoms with van der Waals surface area (Å²) in [5.41, 5.74) is 3.38. The molecule has 0 N–H and O–H groups in total. The van der Waals surface area contributed by atoms with Crippen LogP contribution in [0.3, 0.4) is 0 Å². The van der Waals surface area contributed by atoms with Crippen LogP contribution in [0, 0.1) is 12.8 Å². The second-order valence-corrected chi connectivity index (χ2v) is 9.84. The lowest BCUT2D eigenvalue weighted by atomic mass is 9.91. The van der Waals surface area contributed by atoms with Gasteiger partial charge in [-0.15, -0.1) is 0 Å². The average molecular weight is 474 g/mol. The number of methoxy groups -OCH3 is 2. The summed E-state index contributed by atoms with van der Waals surface area (Å²) in [6, 6.07) is 11.8. The molecule has 0 saturated heterocycles. The first-order valence-electron chi connectivity index (χ1n) is 11.5. The van der Waals surface area contributed by atoms with Crippen molar-refractivity contribution >= 4 is 16.8 Å². The van der Waals surface area contributed by atoms with E-state index in [-0.39, 0.29) is 17.9 Å². The van der Waals surface area contributed by atoms with Gasteiger partial charge in [-0.05, 0) is 62.1 Å². The van der Waals surface area contributed by atoms with Crippen LogP contribution in [0.15, 0.2) is 41.3 Å². The summed E-state index contributed by atoms with van der Waals surface area (Å²) in [4.78, 5) is 15.6. The maximum Gasteiger partial charge on any atom is 0.310 e. The summed E-state index contributed by atoms with van der Waals surface area (Å²) in [6.45, 7) is 7.57. The van der Waals surface area contributed by atoms with Gasteiger partial charge in [-0.25, -0.2) is 0 Å². The van der Waals surface area contributed by atoms with Crippen LogP contribution in [-0.4, -0.2) is 54.7 Å². The number of ether oxygens (including phenoxy) is 3. The van der Waals surface area contributed by atoms with Crippen LogP contribution in [0.5, 0.6) is 11.5 Å². The molecule has 0 fully saturated rings. The molecule has 180 valence electrons. The number of fused-ring (bicyclic) bond motifs is 1. The zero-order chi connectivity index (χ0) is 24.0. The van der Waals surface area contributed by atoms with Crippen LogP contribution in [0.25, 0.3) is 0 Å². The highest BCUT2D eigenvalue weighted by molar-refractivity contribution is 7.85. The van der Waals surface area contributed by atoms with E-state index in [1.807, 2.05) is 57.2 Å². The molecule has 0 aromatic heterocycles. The fourth-order valence-electron chi connectivity index (χ4n) is 4.34. The monoisotopic (exact) mass is 473 g/mol. The zero-order valence-electron chi connectivity index (χ0n) is 20.3. The summed E-state index contributed by atoms with van der Waals surface area (Å²) in [5, 5.41) is 0. The van der Waals surface area contributed by atoms with E-state index in [0.29, 0.717) is 36.8 Å². The van der Waals surface area contributed by atoms with Crippen LogP contribution in [0.2, 0.25) is 0 Å². The Kier molecular flexibility index (Phi) is 8.92. The number of aryl methyl sites for hydroxylation is 1. The van der Waals surface area contributed by atoms with Gasteiger partial charge in [0.15, 0.2) is 11.5 Å². The molecule has 3 atom stereocenters. The van der Waals surface area contributed by atoms with Gasteiger partial charge in [0.1, 0.15) is 0 Å². The van der Waals surface area contributed by atoms with Crippen LogP contribution in [0.4, 0.5) is 0 Å². The standard InChI is InChI=1S/C26H35NO5S/c1-6-19(26(28)32-7-2)16-27-13-12-20-14-24(30-4)25(31-5)15-22(20)23(27)17-33(29)21-10-8-18(3)9-11-21/h8-11,14-15,19,23H,6-7,12-13,16-17H2,1-5H3/t19?,23-,33-/m1/s1. The predicted octanol–water partition coefficient (Wildman–Crippen LogP) is 4.31. The van der Waals surface area contributed by atoms with E-state index >= 15 is 0 Å². The minimum absolute atomic E-state index is 0.112. The van der Waals surface area contributed by atoms with E-state index < -0.39 is 10.8 Å². The first-order valence-corrected chi connectivity index (χ1v) is 12.8. The van der Waals surface area contributed by atoms with E-state index in [9.17, 15) is 9.00 Å². The topological polar surface area (TPSA) is 65.1 Å². The molecule has 2 aromatic carbocycles. The van der Waals surface area contributed by atoms with Gasteiger partial charge in [0.2, 0.25) is 0 Å². The normalized spacial score (nSPS) is 17.7. The van der Waals surface area contributed by atoms with Crippen LogP contribution < -0.4 is 9.47 Å². The Hall–Kier alpha value is -2.38. The Labute approximate surface area is 199 Å². The average Bonchev–Trinajstić information content (AvgIpc) is 2.83. The van der Waals surface area contributed by atoms with Crippen molar-refractivity contribution in [3.63, 3.8) is 0 Å². The van der Waals surface area contributed by atoms with Crippen molar-refractivity contribution in [3.05, 3.63) is 53.1 Å². The quantitative estimate of drug-likeness (QED) is 0.479.